The highest BCUT2D eigenvalue weighted by molar-refractivity contribution is 7.16. The fraction of sp³-hybridized carbons (Fsp3) is 0.455. The van der Waals surface area contributed by atoms with E-state index in [1.54, 1.807) is 12.1 Å². The summed E-state index contributed by atoms with van der Waals surface area (Å²) in [6.07, 6.45) is 3.13. The Morgan fingerprint density at radius 3 is 2.73 bits per heavy atom. The van der Waals surface area contributed by atoms with Crippen LogP contribution in [-0.4, -0.2) is 82.4 Å². The summed E-state index contributed by atoms with van der Waals surface area (Å²) < 4.78 is 21.3. The van der Waals surface area contributed by atoms with Gasteiger partial charge in [0.1, 0.15) is 17.1 Å². The molecule has 2 saturated heterocycles. The van der Waals surface area contributed by atoms with E-state index in [9.17, 15) is 24.2 Å². The van der Waals surface area contributed by atoms with Crippen LogP contribution in [0.25, 0.3) is 10.2 Å². The number of phenolic OH excluding ortho intramolecular Hbond substituents is 1. The number of amides is 1. The fourth-order valence-electron chi connectivity index (χ4n) is 6.15. The molecule has 3 heterocycles. The normalized spacial score (nSPS) is 17.6. The number of likely N-dealkylation sites (tertiary alicyclic amines) is 1. The number of piperidine rings is 1. The molecule has 0 unspecified atom stereocenters. The molecule has 1 spiro atoms. The molecule has 2 aromatic carbocycles. The number of rotatable bonds is 10. The first-order valence-electron chi connectivity index (χ1n) is 15.0. The van der Waals surface area contributed by atoms with E-state index >= 15 is 0 Å². The second-order valence-electron chi connectivity index (χ2n) is 12.1. The van der Waals surface area contributed by atoms with Crippen LogP contribution in [0, 0.1) is 5.82 Å². The third kappa shape index (κ3) is 7.65. The molecule has 0 saturated carbocycles. The lowest BCUT2D eigenvalue weighted by Crippen LogP contribution is -2.58. The Hall–Kier alpha value is -3.35. The minimum Gasteiger partial charge on any atom is -0.506 e. The number of phenols is 1. The molecule has 9 nitrogen and oxygen atoms in total. The molecule has 236 valence electrons. The number of fused-ring (bicyclic) bond motifs is 1. The number of ether oxygens (including phenoxy) is 1. The molecule has 2 aliphatic rings. The minimum absolute atomic E-state index is 0.0315. The molecule has 44 heavy (non-hydrogen) atoms. The van der Waals surface area contributed by atoms with Crippen LogP contribution in [0.2, 0.25) is 0 Å². The number of nitrogens with zero attached hydrogens (tertiary/aromatic N) is 2. The lowest BCUT2D eigenvalue weighted by molar-refractivity contribution is -0.156. The number of H-pyrrole nitrogens is 1. The summed E-state index contributed by atoms with van der Waals surface area (Å²) in [5.41, 5.74) is 3.86. The molecule has 5 rings (SSSR count). The number of nitrogens with one attached hydrogen (secondary N) is 2. The van der Waals surface area contributed by atoms with E-state index in [0.29, 0.717) is 60.6 Å². The van der Waals surface area contributed by atoms with Crippen LogP contribution >= 0.6 is 11.3 Å². The number of morpholine rings is 1. The van der Waals surface area contributed by atoms with Gasteiger partial charge in [-0.05, 0) is 69.0 Å². The zero-order valence-corrected chi connectivity index (χ0v) is 26.1. The predicted octanol–water partition coefficient (Wildman–Crippen LogP) is 4.02. The SMILES string of the molecule is C=C(C=C(C)C)C(=O)N1CCOC2(CCN(Cc3cc(F)cc(CCNC[C@H](O)c4ccc(O)c5[nH]c(=O)sc45)c3)CC2)C1. The summed E-state index contributed by atoms with van der Waals surface area (Å²) in [7, 11) is 0. The van der Waals surface area contributed by atoms with Crippen molar-refractivity contribution in [3.8, 4) is 5.75 Å². The van der Waals surface area contributed by atoms with E-state index in [4.69, 9.17) is 4.74 Å². The maximum Gasteiger partial charge on any atom is 0.305 e. The molecule has 3 aromatic rings. The van der Waals surface area contributed by atoms with Crippen LogP contribution in [0.3, 0.4) is 0 Å². The van der Waals surface area contributed by atoms with Crippen LogP contribution in [0.15, 0.2) is 58.9 Å². The molecular weight excluding hydrogens is 583 g/mol. The standard InChI is InChI=1S/C33H41FN4O5S/c1-21(2)14-22(3)31(41)38-12-13-43-33(20-38)7-10-37(11-8-33)19-24-15-23(16-25(34)17-24)6-9-35-18-28(40)26-4-5-27(39)29-30(26)44-32(42)36-29/h4-5,14-17,28,35,39-40H,3,6-13,18-20H2,1-2H3,(H,36,42)/t28-/m0/s1. The number of carbonyl (C=O) groups is 1. The Kier molecular flexibility index (Phi) is 10.0. The Morgan fingerprint density at radius 2 is 1.98 bits per heavy atom. The molecule has 11 heteroatoms. The van der Waals surface area contributed by atoms with E-state index in [0.717, 1.165) is 54.0 Å². The Labute approximate surface area is 260 Å². The van der Waals surface area contributed by atoms with Gasteiger partial charge in [-0.25, -0.2) is 4.39 Å². The molecule has 0 aliphatic carbocycles. The Morgan fingerprint density at radius 1 is 1.23 bits per heavy atom. The molecular formula is C33H41FN4O5S. The van der Waals surface area contributed by atoms with Crippen LogP contribution in [-0.2, 0) is 22.5 Å². The number of hydrogen-bond acceptors (Lipinski definition) is 8. The number of allylic oxidation sites excluding steroid dienone is 1. The number of aliphatic hydroxyl groups is 1. The number of carbonyl (C=O) groups excluding carboxylic acids is 1. The summed E-state index contributed by atoms with van der Waals surface area (Å²) in [6.45, 7) is 12.5. The maximum atomic E-state index is 14.6. The number of thiazole rings is 1. The molecule has 2 fully saturated rings. The summed E-state index contributed by atoms with van der Waals surface area (Å²) in [4.78, 5) is 31.2. The van der Waals surface area contributed by atoms with Crippen molar-refractivity contribution in [2.45, 2.75) is 51.4 Å². The van der Waals surface area contributed by atoms with Gasteiger partial charge in [0.05, 0.1) is 29.6 Å². The number of aromatic amines is 1. The van der Waals surface area contributed by atoms with Gasteiger partial charge in [0.2, 0.25) is 0 Å². The van der Waals surface area contributed by atoms with Gasteiger partial charge in [0.15, 0.2) is 0 Å². The zero-order valence-electron chi connectivity index (χ0n) is 25.3. The van der Waals surface area contributed by atoms with E-state index < -0.39 is 6.10 Å². The van der Waals surface area contributed by atoms with E-state index in [-0.39, 0.29) is 34.5 Å². The molecule has 1 aromatic heterocycles. The quantitative estimate of drug-likeness (QED) is 0.153. The number of aliphatic hydroxyl groups excluding tert-OH is 1. The van der Waals surface area contributed by atoms with Crippen molar-refractivity contribution in [1.82, 2.24) is 20.1 Å². The van der Waals surface area contributed by atoms with Gasteiger partial charge in [0, 0.05) is 43.9 Å². The number of benzene rings is 2. The fourth-order valence-corrected chi connectivity index (χ4v) is 7.07. The highest BCUT2D eigenvalue weighted by Gasteiger charge is 2.41. The zero-order chi connectivity index (χ0) is 31.4. The van der Waals surface area contributed by atoms with Crippen LogP contribution in [0.4, 0.5) is 4.39 Å². The highest BCUT2D eigenvalue weighted by atomic mass is 32.1. The largest absolute Gasteiger partial charge is 0.506 e. The topological polar surface area (TPSA) is 118 Å². The average molecular weight is 625 g/mol. The third-order valence-electron chi connectivity index (χ3n) is 8.34. The first-order chi connectivity index (χ1) is 21.0. The van der Waals surface area contributed by atoms with Crippen molar-refractivity contribution < 1.29 is 24.1 Å². The second-order valence-corrected chi connectivity index (χ2v) is 13.1. The van der Waals surface area contributed by atoms with Gasteiger partial charge in [0.25, 0.3) is 5.91 Å². The van der Waals surface area contributed by atoms with Crippen molar-refractivity contribution >= 4 is 27.5 Å². The predicted molar refractivity (Wildman–Crippen MR) is 170 cm³/mol. The number of hydrogen-bond donors (Lipinski definition) is 4. The van der Waals surface area contributed by atoms with Crippen molar-refractivity contribution in [2.24, 2.45) is 0 Å². The van der Waals surface area contributed by atoms with Crippen LogP contribution in [0.5, 0.6) is 5.75 Å². The van der Waals surface area contributed by atoms with E-state index in [2.05, 4.69) is 21.8 Å². The minimum atomic E-state index is -0.871. The Balaban J connectivity index is 1.11. The van der Waals surface area contributed by atoms with Gasteiger partial charge in [-0.1, -0.05) is 41.7 Å². The second kappa shape index (κ2) is 13.7. The van der Waals surface area contributed by atoms with Crippen molar-refractivity contribution in [3.63, 3.8) is 0 Å². The lowest BCUT2D eigenvalue weighted by Gasteiger charge is -2.47. The monoisotopic (exact) mass is 624 g/mol. The van der Waals surface area contributed by atoms with Gasteiger partial charge >= 0.3 is 4.87 Å². The van der Waals surface area contributed by atoms with Crippen LogP contribution in [0.1, 0.15) is 49.5 Å². The molecule has 0 bridgehead atoms. The maximum absolute atomic E-state index is 14.6. The van der Waals surface area contributed by atoms with Gasteiger partial charge in [-0.15, -0.1) is 0 Å². The lowest BCUT2D eigenvalue weighted by atomic mass is 9.88. The molecule has 4 N–H and O–H groups in total. The van der Waals surface area contributed by atoms with Crippen LogP contribution < -0.4 is 10.2 Å². The van der Waals surface area contributed by atoms with E-state index in [1.807, 2.05) is 30.9 Å². The number of aromatic hydroxyl groups is 1. The van der Waals surface area contributed by atoms with Gasteiger partial charge in [-0.3, -0.25) is 14.5 Å². The summed E-state index contributed by atoms with van der Waals surface area (Å²) in [6, 6.07) is 8.22. The summed E-state index contributed by atoms with van der Waals surface area (Å²) in [5.74, 6) is -0.346. The number of halogens is 1. The molecule has 1 atom stereocenters. The van der Waals surface area contributed by atoms with E-state index in [1.165, 1.54) is 12.1 Å². The smallest absolute Gasteiger partial charge is 0.305 e. The molecule has 0 radical (unpaired) electrons. The summed E-state index contributed by atoms with van der Waals surface area (Å²) >= 11 is 0.953. The van der Waals surface area contributed by atoms with Gasteiger partial charge in [-0.2, -0.15) is 0 Å². The average Bonchev–Trinajstić information content (AvgIpc) is 3.38. The molecule has 1 amide bonds. The Bertz CT molecular complexity index is 1600. The van der Waals surface area contributed by atoms with Crippen molar-refractivity contribution in [1.29, 1.82) is 0 Å². The number of aromatic nitrogens is 1. The van der Waals surface area contributed by atoms with Crippen molar-refractivity contribution in [2.75, 3.05) is 45.9 Å². The molecule has 2 aliphatic heterocycles. The highest BCUT2D eigenvalue weighted by Crippen LogP contribution is 2.32. The summed E-state index contributed by atoms with van der Waals surface area (Å²) in [5, 5.41) is 23.9. The first kappa shape index (κ1) is 32.1. The van der Waals surface area contributed by atoms with Gasteiger partial charge < -0.3 is 30.2 Å². The third-order valence-corrected chi connectivity index (χ3v) is 9.27. The first-order valence-corrected chi connectivity index (χ1v) is 15.8. The van der Waals surface area contributed by atoms with Crippen molar-refractivity contribution in [3.05, 3.63) is 86.3 Å².